The van der Waals surface area contributed by atoms with E-state index in [0.29, 0.717) is 23.9 Å². The van der Waals surface area contributed by atoms with Crippen LogP contribution in [0.15, 0.2) is 33.6 Å². The Morgan fingerprint density at radius 1 is 1.24 bits per heavy atom. The van der Waals surface area contributed by atoms with Crippen LogP contribution in [-0.4, -0.2) is 9.72 Å². The van der Waals surface area contributed by atoms with Crippen LogP contribution in [0.25, 0.3) is 0 Å². The molecule has 0 spiro atoms. The average Bonchev–Trinajstić information content (AvgIpc) is 2.84. The molecule has 0 bridgehead atoms. The second kappa shape index (κ2) is 6.24. The van der Waals surface area contributed by atoms with Crippen LogP contribution >= 0.6 is 0 Å². The number of rotatable bonds is 4. The van der Waals surface area contributed by atoms with Crippen LogP contribution in [0.2, 0.25) is 0 Å². The van der Waals surface area contributed by atoms with Gasteiger partial charge in [-0.25, -0.2) is 9.18 Å². The lowest BCUT2D eigenvalue weighted by atomic mass is 9.89. The smallest absolute Gasteiger partial charge is 0.296 e. The molecule has 0 saturated heterocycles. The zero-order chi connectivity index (χ0) is 14.7. The summed E-state index contributed by atoms with van der Waals surface area (Å²) in [4.78, 5) is 11.8. The molecule has 1 fully saturated rings. The molecular weight excluding hydrogens is 271 g/mol. The van der Waals surface area contributed by atoms with Gasteiger partial charge in [0.1, 0.15) is 5.82 Å². The van der Waals surface area contributed by atoms with E-state index in [1.165, 1.54) is 25.3 Å². The van der Waals surface area contributed by atoms with E-state index in [1.54, 1.807) is 22.8 Å². The number of benzene rings is 1. The Morgan fingerprint density at radius 2 is 2.00 bits per heavy atom. The van der Waals surface area contributed by atoms with Gasteiger partial charge in [-0.05, 0) is 30.4 Å². The summed E-state index contributed by atoms with van der Waals surface area (Å²) in [6.07, 6.45) is 6.26. The molecule has 4 nitrogen and oxygen atoms in total. The predicted molar refractivity (Wildman–Crippen MR) is 76.5 cm³/mol. The minimum atomic E-state index is -0.438. The molecule has 0 atom stereocenters. The van der Waals surface area contributed by atoms with Gasteiger partial charge in [-0.1, -0.05) is 42.6 Å². The third-order valence-corrected chi connectivity index (χ3v) is 4.23. The van der Waals surface area contributed by atoms with Crippen LogP contribution in [0.5, 0.6) is 0 Å². The van der Waals surface area contributed by atoms with Crippen molar-refractivity contribution in [2.24, 2.45) is 5.92 Å². The first-order valence-corrected chi connectivity index (χ1v) is 7.53. The Labute approximate surface area is 122 Å². The van der Waals surface area contributed by atoms with Crippen LogP contribution in [0.3, 0.4) is 0 Å². The van der Waals surface area contributed by atoms with E-state index in [2.05, 4.69) is 5.16 Å². The van der Waals surface area contributed by atoms with Crippen LogP contribution in [0, 0.1) is 11.7 Å². The zero-order valence-corrected chi connectivity index (χ0v) is 11.9. The largest absolute Gasteiger partial charge is 0.441 e. The van der Waals surface area contributed by atoms with Crippen LogP contribution in [-0.2, 0) is 13.0 Å². The van der Waals surface area contributed by atoms with Crippen LogP contribution in [0.1, 0.15) is 43.5 Å². The van der Waals surface area contributed by atoms with E-state index < -0.39 is 5.76 Å². The Morgan fingerprint density at radius 3 is 2.76 bits per heavy atom. The highest BCUT2D eigenvalue weighted by molar-refractivity contribution is 5.20. The topological polar surface area (TPSA) is 48.0 Å². The highest BCUT2D eigenvalue weighted by Gasteiger charge is 2.19. The molecule has 112 valence electrons. The third-order valence-electron chi connectivity index (χ3n) is 4.23. The molecular formula is C16H19FN2O2. The molecule has 0 aliphatic heterocycles. The maximum absolute atomic E-state index is 13.7. The second-order valence-electron chi connectivity index (χ2n) is 5.75. The highest BCUT2D eigenvalue weighted by Crippen LogP contribution is 2.25. The first kappa shape index (κ1) is 14.0. The van der Waals surface area contributed by atoms with Gasteiger partial charge in [-0.3, -0.25) is 9.09 Å². The minimum absolute atomic E-state index is 0.280. The predicted octanol–water partition coefficient (Wildman–Crippen LogP) is 3.15. The van der Waals surface area contributed by atoms with Gasteiger partial charge in [0.2, 0.25) is 0 Å². The second-order valence-corrected chi connectivity index (χ2v) is 5.75. The lowest BCUT2D eigenvalue weighted by Gasteiger charge is -2.21. The van der Waals surface area contributed by atoms with Crippen molar-refractivity contribution in [2.45, 2.75) is 45.1 Å². The van der Waals surface area contributed by atoms with Gasteiger partial charge in [0, 0.05) is 13.0 Å². The number of halogens is 1. The molecule has 1 saturated carbocycles. The van der Waals surface area contributed by atoms with E-state index in [1.807, 2.05) is 0 Å². The number of nitrogens with zero attached hydrogens (tertiary/aromatic N) is 2. The monoisotopic (exact) mass is 290 g/mol. The van der Waals surface area contributed by atoms with E-state index in [9.17, 15) is 9.18 Å². The van der Waals surface area contributed by atoms with Crippen molar-refractivity contribution in [2.75, 3.05) is 0 Å². The SMILES string of the molecule is O=c1onc(Cc2ccccc2F)n1CC1CCCCC1. The van der Waals surface area contributed by atoms with Crippen molar-refractivity contribution in [3.05, 3.63) is 52.0 Å². The van der Waals surface area contributed by atoms with Crippen molar-refractivity contribution in [1.29, 1.82) is 0 Å². The molecule has 5 heteroatoms. The van der Waals surface area contributed by atoms with Gasteiger partial charge < -0.3 is 0 Å². The summed E-state index contributed by atoms with van der Waals surface area (Å²) in [5.74, 6) is 0.287. The Bertz CT molecular complexity index is 656. The van der Waals surface area contributed by atoms with Gasteiger partial charge in [-0.15, -0.1) is 0 Å². The zero-order valence-electron chi connectivity index (χ0n) is 11.9. The van der Waals surface area contributed by atoms with E-state index in [-0.39, 0.29) is 12.2 Å². The standard InChI is InChI=1S/C16H19FN2O2/c17-14-9-5-4-8-13(14)10-15-18-21-16(20)19(15)11-12-6-2-1-3-7-12/h4-5,8-9,12H,1-3,6-7,10-11H2. The molecule has 3 rings (SSSR count). The van der Waals surface area contributed by atoms with E-state index >= 15 is 0 Å². The van der Waals surface area contributed by atoms with Crippen LogP contribution < -0.4 is 5.76 Å². The van der Waals surface area contributed by atoms with E-state index in [4.69, 9.17) is 4.52 Å². The molecule has 0 radical (unpaired) electrons. The fourth-order valence-corrected chi connectivity index (χ4v) is 3.04. The van der Waals surface area contributed by atoms with Crippen molar-refractivity contribution in [3.63, 3.8) is 0 Å². The maximum Gasteiger partial charge on any atom is 0.441 e. The molecule has 1 heterocycles. The quantitative estimate of drug-likeness (QED) is 0.869. The summed E-state index contributed by atoms with van der Waals surface area (Å²) >= 11 is 0. The minimum Gasteiger partial charge on any atom is -0.296 e. The van der Waals surface area contributed by atoms with Crippen molar-refractivity contribution >= 4 is 0 Å². The normalized spacial score (nSPS) is 16.2. The molecule has 0 amide bonds. The summed E-state index contributed by atoms with van der Waals surface area (Å²) in [5, 5.41) is 3.83. The van der Waals surface area contributed by atoms with Gasteiger partial charge in [0.25, 0.3) is 0 Å². The lowest BCUT2D eigenvalue weighted by molar-refractivity contribution is 0.303. The Balaban J connectivity index is 1.80. The molecule has 1 aliphatic rings. The fourth-order valence-electron chi connectivity index (χ4n) is 3.04. The van der Waals surface area contributed by atoms with Crippen LogP contribution in [0.4, 0.5) is 4.39 Å². The molecule has 2 aromatic rings. The van der Waals surface area contributed by atoms with E-state index in [0.717, 1.165) is 12.8 Å². The Kier molecular flexibility index (Phi) is 4.18. The van der Waals surface area contributed by atoms with Crippen molar-refractivity contribution in [1.82, 2.24) is 9.72 Å². The molecule has 0 unspecified atom stereocenters. The highest BCUT2D eigenvalue weighted by atomic mass is 19.1. The van der Waals surface area contributed by atoms with Gasteiger partial charge in [0.05, 0.1) is 0 Å². The first-order chi connectivity index (χ1) is 10.2. The van der Waals surface area contributed by atoms with Gasteiger partial charge >= 0.3 is 5.76 Å². The molecule has 0 N–H and O–H groups in total. The number of aromatic nitrogens is 2. The lowest BCUT2D eigenvalue weighted by Crippen LogP contribution is -2.23. The molecule has 1 aromatic heterocycles. The summed E-state index contributed by atoms with van der Waals surface area (Å²) in [6.45, 7) is 0.631. The Hall–Kier alpha value is -1.91. The fraction of sp³-hybridized carbons (Fsp3) is 0.500. The number of hydrogen-bond acceptors (Lipinski definition) is 3. The van der Waals surface area contributed by atoms with Gasteiger partial charge in [0.15, 0.2) is 5.82 Å². The summed E-state index contributed by atoms with van der Waals surface area (Å²) in [7, 11) is 0. The van der Waals surface area contributed by atoms with Crippen molar-refractivity contribution < 1.29 is 8.91 Å². The average molecular weight is 290 g/mol. The van der Waals surface area contributed by atoms with Crippen molar-refractivity contribution in [3.8, 4) is 0 Å². The molecule has 1 aromatic carbocycles. The summed E-state index contributed by atoms with van der Waals surface area (Å²) in [5.41, 5.74) is 0.531. The molecule has 21 heavy (non-hydrogen) atoms. The first-order valence-electron chi connectivity index (χ1n) is 7.53. The summed E-state index contributed by atoms with van der Waals surface area (Å²) < 4.78 is 20.1. The third kappa shape index (κ3) is 3.23. The number of hydrogen-bond donors (Lipinski definition) is 0. The summed E-state index contributed by atoms with van der Waals surface area (Å²) in [6, 6.07) is 6.55. The van der Waals surface area contributed by atoms with Gasteiger partial charge in [-0.2, -0.15) is 0 Å². The maximum atomic E-state index is 13.7. The molecule has 1 aliphatic carbocycles.